The number of nitrogens with zero attached hydrogens (tertiary/aromatic N) is 3. The second-order valence-electron chi connectivity index (χ2n) is 7.39. The summed E-state index contributed by atoms with van der Waals surface area (Å²) >= 11 is 1.35. The van der Waals surface area contributed by atoms with Crippen molar-refractivity contribution >= 4 is 17.5 Å². The molecular formula is C26H25N3O4S. The first kappa shape index (κ1) is 23.4. The Morgan fingerprint density at radius 1 is 0.824 bits per heavy atom. The Bertz CT molecular complexity index is 1270. The van der Waals surface area contributed by atoms with Crippen LogP contribution in [0.3, 0.4) is 0 Å². The summed E-state index contributed by atoms with van der Waals surface area (Å²) < 4.78 is 18.0. The molecule has 0 aliphatic carbocycles. The minimum absolute atomic E-state index is 0.00391. The number of para-hydroxylation sites is 1. The zero-order chi connectivity index (χ0) is 24.1. The first-order valence-corrected chi connectivity index (χ1v) is 11.5. The van der Waals surface area contributed by atoms with E-state index >= 15 is 0 Å². The van der Waals surface area contributed by atoms with Gasteiger partial charge in [-0.25, -0.2) is 0 Å². The molecule has 0 aliphatic rings. The van der Waals surface area contributed by atoms with Crippen LogP contribution in [0.15, 0.2) is 78.0 Å². The Balaban J connectivity index is 1.73. The summed E-state index contributed by atoms with van der Waals surface area (Å²) in [7, 11) is 4.85. The van der Waals surface area contributed by atoms with E-state index in [9.17, 15) is 4.79 Å². The quantitative estimate of drug-likeness (QED) is 0.239. The van der Waals surface area contributed by atoms with Crippen LogP contribution in [-0.4, -0.2) is 47.1 Å². The van der Waals surface area contributed by atoms with Crippen LogP contribution in [0.5, 0.6) is 17.2 Å². The van der Waals surface area contributed by atoms with Gasteiger partial charge in [0.2, 0.25) is 0 Å². The van der Waals surface area contributed by atoms with Crippen LogP contribution in [0.2, 0.25) is 0 Å². The third-order valence-electron chi connectivity index (χ3n) is 5.34. The maximum atomic E-state index is 13.1. The highest BCUT2D eigenvalue weighted by atomic mass is 32.2. The standard InChI is InChI=1S/C26H25N3O4S/c1-17(24(30)18-9-13-20(31-2)14-10-18)34-26-28-27-25(22-7-5-6-8-23(22)33-4)29(26)19-11-15-21(32-3)16-12-19/h5-17H,1-4H3. The van der Waals surface area contributed by atoms with Crippen molar-refractivity contribution in [1.29, 1.82) is 0 Å². The number of Topliss-reactive ketones (excluding diaryl/α,β-unsaturated/α-hetero) is 1. The van der Waals surface area contributed by atoms with Gasteiger partial charge in [-0.05, 0) is 67.6 Å². The van der Waals surface area contributed by atoms with E-state index in [1.807, 2.05) is 60.0 Å². The fourth-order valence-electron chi connectivity index (χ4n) is 3.52. The minimum Gasteiger partial charge on any atom is -0.497 e. The predicted octanol–water partition coefficient (Wildman–Crippen LogP) is 5.32. The molecule has 3 aromatic carbocycles. The lowest BCUT2D eigenvalue weighted by Crippen LogP contribution is -2.14. The fourth-order valence-corrected chi connectivity index (χ4v) is 4.46. The van der Waals surface area contributed by atoms with E-state index in [0.29, 0.717) is 28.0 Å². The normalized spacial score (nSPS) is 11.6. The van der Waals surface area contributed by atoms with Gasteiger partial charge in [0.1, 0.15) is 17.2 Å². The van der Waals surface area contributed by atoms with Crippen LogP contribution < -0.4 is 14.2 Å². The number of hydrogen-bond donors (Lipinski definition) is 0. The van der Waals surface area contributed by atoms with Gasteiger partial charge in [-0.3, -0.25) is 9.36 Å². The average molecular weight is 476 g/mol. The van der Waals surface area contributed by atoms with E-state index in [-0.39, 0.29) is 11.0 Å². The second-order valence-corrected chi connectivity index (χ2v) is 8.70. The number of carbonyl (C=O) groups is 1. The van der Waals surface area contributed by atoms with Crippen molar-refractivity contribution in [2.24, 2.45) is 0 Å². The molecule has 0 saturated heterocycles. The average Bonchev–Trinajstić information content (AvgIpc) is 3.31. The number of ketones is 1. The Kier molecular flexibility index (Phi) is 7.18. The molecule has 0 N–H and O–H groups in total. The second kappa shape index (κ2) is 10.4. The van der Waals surface area contributed by atoms with Crippen molar-refractivity contribution in [1.82, 2.24) is 14.8 Å². The molecule has 0 amide bonds. The Hall–Kier alpha value is -3.78. The number of rotatable bonds is 9. The predicted molar refractivity (Wildman–Crippen MR) is 133 cm³/mol. The Labute approximate surface area is 202 Å². The summed E-state index contributed by atoms with van der Waals surface area (Å²) in [6, 6.07) is 22.4. The van der Waals surface area contributed by atoms with Gasteiger partial charge in [0.05, 0.1) is 37.8 Å². The topological polar surface area (TPSA) is 75.5 Å². The monoisotopic (exact) mass is 475 g/mol. The van der Waals surface area contributed by atoms with Crippen LogP contribution in [-0.2, 0) is 0 Å². The molecule has 1 aromatic heterocycles. The summed E-state index contributed by atoms with van der Waals surface area (Å²) in [4.78, 5) is 13.1. The van der Waals surface area contributed by atoms with Crippen molar-refractivity contribution in [2.75, 3.05) is 21.3 Å². The van der Waals surface area contributed by atoms with Gasteiger partial charge in [-0.2, -0.15) is 0 Å². The van der Waals surface area contributed by atoms with Gasteiger partial charge >= 0.3 is 0 Å². The van der Waals surface area contributed by atoms with Crippen LogP contribution in [0.1, 0.15) is 17.3 Å². The highest BCUT2D eigenvalue weighted by Crippen LogP contribution is 2.35. The number of ether oxygens (including phenoxy) is 3. The van der Waals surface area contributed by atoms with Crippen molar-refractivity contribution in [3.8, 4) is 34.3 Å². The van der Waals surface area contributed by atoms with E-state index in [1.54, 1.807) is 45.6 Å². The van der Waals surface area contributed by atoms with Crippen LogP contribution in [0.4, 0.5) is 0 Å². The van der Waals surface area contributed by atoms with Gasteiger partial charge in [-0.1, -0.05) is 23.9 Å². The molecule has 4 rings (SSSR count). The van der Waals surface area contributed by atoms with Crippen molar-refractivity contribution in [3.05, 3.63) is 78.4 Å². The lowest BCUT2D eigenvalue weighted by molar-refractivity contribution is 0.0994. The summed E-state index contributed by atoms with van der Waals surface area (Å²) in [6.45, 7) is 1.87. The largest absolute Gasteiger partial charge is 0.497 e. The molecule has 34 heavy (non-hydrogen) atoms. The van der Waals surface area contributed by atoms with Crippen LogP contribution in [0.25, 0.3) is 17.1 Å². The van der Waals surface area contributed by atoms with Gasteiger partial charge in [0.25, 0.3) is 0 Å². The number of carbonyl (C=O) groups excluding carboxylic acids is 1. The molecule has 0 aliphatic heterocycles. The number of aromatic nitrogens is 3. The molecule has 0 fully saturated rings. The number of methoxy groups -OCH3 is 3. The molecule has 0 saturated carbocycles. The SMILES string of the molecule is COc1ccc(C(=O)C(C)Sc2nnc(-c3ccccc3OC)n2-c2ccc(OC)cc2)cc1. The Morgan fingerprint density at radius 3 is 2.06 bits per heavy atom. The van der Waals surface area contributed by atoms with E-state index < -0.39 is 0 Å². The van der Waals surface area contributed by atoms with Crippen LogP contribution in [0, 0.1) is 0 Å². The van der Waals surface area contributed by atoms with Crippen molar-refractivity contribution < 1.29 is 19.0 Å². The molecule has 0 spiro atoms. The summed E-state index contributed by atoms with van der Waals surface area (Å²) in [6.07, 6.45) is 0. The summed E-state index contributed by atoms with van der Waals surface area (Å²) in [5.74, 6) is 2.75. The van der Waals surface area contributed by atoms with E-state index in [4.69, 9.17) is 14.2 Å². The lowest BCUT2D eigenvalue weighted by atomic mass is 10.1. The van der Waals surface area contributed by atoms with Crippen molar-refractivity contribution in [3.63, 3.8) is 0 Å². The zero-order valence-corrected chi connectivity index (χ0v) is 20.2. The molecule has 0 radical (unpaired) electrons. The molecule has 174 valence electrons. The first-order valence-electron chi connectivity index (χ1n) is 10.6. The molecule has 1 heterocycles. The van der Waals surface area contributed by atoms with E-state index in [0.717, 1.165) is 17.0 Å². The van der Waals surface area contributed by atoms with Gasteiger partial charge < -0.3 is 14.2 Å². The molecule has 4 aromatic rings. The number of benzene rings is 3. The lowest BCUT2D eigenvalue weighted by Gasteiger charge is -2.15. The number of thioether (sulfide) groups is 1. The molecule has 7 nitrogen and oxygen atoms in total. The van der Waals surface area contributed by atoms with E-state index in [2.05, 4.69) is 10.2 Å². The summed E-state index contributed by atoms with van der Waals surface area (Å²) in [5, 5.41) is 9.13. The maximum Gasteiger partial charge on any atom is 0.196 e. The molecule has 1 unspecified atom stereocenters. The van der Waals surface area contributed by atoms with E-state index in [1.165, 1.54) is 11.8 Å². The highest BCUT2D eigenvalue weighted by molar-refractivity contribution is 8.00. The zero-order valence-electron chi connectivity index (χ0n) is 19.4. The third-order valence-corrected chi connectivity index (χ3v) is 6.38. The molecular weight excluding hydrogens is 450 g/mol. The number of hydrogen-bond acceptors (Lipinski definition) is 7. The van der Waals surface area contributed by atoms with Gasteiger partial charge in [0, 0.05) is 5.56 Å². The van der Waals surface area contributed by atoms with Gasteiger partial charge in [0.15, 0.2) is 16.8 Å². The Morgan fingerprint density at radius 2 is 1.44 bits per heavy atom. The molecule has 0 bridgehead atoms. The molecule has 1 atom stereocenters. The minimum atomic E-state index is -0.389. The smallest absolute Gasteiger partial charge is 0.196 e. The first-order chi connectivity index (χ1) is 16.5. The van der Waals surface area contributed by atoms with Crippen molar-refractivity contribution in [2.45, 2.75) is 17.3 Å². The fraction of sp³-hybridized carbons (Fsp3) is 0.192. The molecule has 8 heteroatoms. The maximum absolute atomic E-state index is 13.1. The summed E-state index contributed by atoms with van der Waals surface area (Å²) in [5.41, 5.74) is 2.26. The third kappa shape index (κ3) is 4.77. The van der Waals surface area contributed by atoms with Gasteiger partial charge in [-0.15, -0.1) is 10.2 Å². The highest BCUT2D eigenvalue weighted by Gasteiger charge is 2.24. The van der Waals surface area contributed by atoms with Crippen LogP contribution >= 0.6 is 11.8 Å².